The number of hydrogen-bond donors (Lipinski definition) is 2. The second-order valence-electron chi connectivity index (χ2n) is 9.03. The average molecular weight is 546 g/mol. The van der Waals surface area contributed by atoms with Gasteiger partial charge in [-0.25, -0.2) is 4.98 Å². The summed E-state index contributed by atoms with van der Waals surface area (Å²) >= 11 is 1.22. The van der Waals surface area contributed by atoms with E-state index in [0.29, 0.717) is 41.2 Å². The molecule has 0 aliphatic carbocycles. The second-order valence-corrected chi connectivity index (χ2v) is 9.97. The number of rotatable bonds is 8. The first-order chi connectivity index (χ1) is 18.9. The highest BCUT2D eigenvalue weighted by Gasteiger charge is 2.34. The van der Waals surface area contributed by atoms with Gasteiger partial charge >= 0.3 is 0 Å². The Kier molecular flexibility index (Phi) is 7.73. The van der Waals surface area contributed by atoms with E-state index < -0.39 is 6.04 Å². The molecule has 0 radical (unpaired) electrons. The van der Waals surface area contributed by atoms with Crippen molar-refractivity contribution < 1.29 is 19.1 Å². The number of amides is 3. The summed E-state index contributed by atoms with van der Waals surface area (Å²) in [6.45, 7) is 4.44. The number of hydrogen-bond acceptors (Lipinski definition) is 8. The number of fused-ring (bicyclic) bond motifs is 1. The van der Waals surface area contributed by atoms with Crippen LogP contribution in [0.3, 0.4) is 0 Å². The molecule has 2 N–H and O–H groups in total. The number of thioether (sulfide) groups is 1. The Balaban J connectivity index is 1.20. The summed E-state index contributed by atoms with van der Waals surface area (Å²) in [6.07, 6.45) is -0.166. The first-order valence-corrected chi connectivity index (χ1v) is 13.4. The summed E-state index contributed by atoms with van der Waals surface area (Å²) in [5.74, 6) is 0.854. The van der Waals surface area contributed by atoms with Crippen molar-refractivity contribution in [3.63, 3.8) is 0 Å². The molecule has 1 atom stereocenters. The average Bonchev–Trinajstić information content (AvgIpc) is 3.33. The van der Waals surface area contributed by atoms with E-state index in [0.717, 1.165) is 11.4 Å². The number of anilines is 1. The molecule has 1 fully saturated rings. The largest absolute Gasteiger partial charge is 0.457 e. The highest BCUT2D eigenvalue weighted by atomic mass is 32.2. The first-order valence-electron chi connectivity index (χ1n) is 12.4. The van der Waals surface area contributed by atoms with E-state index in [4.69, 9.17) is 4.74 Å². The van der Waals surface area contributed by atoms with E-state index in [1.807, 2.05) is 50.2 Å². The topological polar surface area (TPSA) is 131 Å². The maximum atomic E-state index is 13.2. The molecule has 3 heterocycles. The Morgan fingerprint density at radius 1 is 1.08 bits per heavy atom. The van der Waals surface area contributed by atoms with Crippen molar-refractivity contribution >= 4 is 40.9 Å². The lowest BCUT2D eigenvalue weighted by Gasteiger charge is -2.34. The Labute approximate surface area is 229 Å². The van der Waals surface area contributed by atoms with Gasteiger partial charge in [0.05, 0.1) is 12.2 Å². The van der Waals surface area contributed by atoms with Gasteiger partial charge in [-0.3, -0.25) is 18.8 Å². The van der Waals surface area contributed by atoms with Gasteiger partial charge in [-0.15, -0.1) is 10.2 Å². The van der Waals surface area contributed by atoms with Crippen molar-refractivity contribution in [2.45, 2.75) is 31.5 Å². The third-order valence-corrected chi connectivity index (χ3v) is 7.05. The monoisotopic (exact) mass is 545 g/mol. The molecule has 2 aromatic heterocycles. The molecule has 39 heavy (non-hydrogen) atoms. The van der Waals surface area contributed by atoms with Gasteiger partial charge < -0.3 is 20.3 Å². The van der Waals surface area contributed by atoms with E-state index in [1.165, 1.54) is 16.7 Å². The molecule has 1 aliphatic heterocycles. The fourth-order valence-electron chi connectivity index (χ4n) is 4.34. The number of para-hydroxylation sites is 1. The number of piperazine rings is 1. The lowest BCUT2D eigenvalue weighted by Crippen LogP contribution is -2.58. The van der Waals surface area contributed by atoms with Crippen LogP contribution < -0.4 is 15.4 Å². The van der Waals surface area contributed by atoms with Gasteiger partial charge in [-0.05, 0) is 56.3 Å². The molecule has 11 nitrogen and oxygen atoms in total. The van der Waals surface area contributed by atoms with Crippen LogP contribution in [-0.4, -0.2) is 67.1 Å². The van der Waals surface area contributed by atoms with Crippen LogP contribution in [0.4, 0.5) is 5.69 Å². The summed E-state index contributed by atoms with van der Waals surface area (Å²) in [5.41, 5.74) is 2.30. The molecule has 0 saturated carbocycles. The number of aryl methyl sites for hydroxylation is 2. The molecule has 5 rings (SSSR count). The number of carbonyl (C=O) groups is 3. The molecule has 0 unspecified atom stereocenters. The number of ether oxygens (including phenoxy) is 1. The van der Waals surface area contributed by atoms with Crippen LogP contribution in [0.15, 0.2) is 65.8 Å². The van der Waals surface area contributed by atoms with Crippen LogP contribution in [0.25, 0.3) is 5.78 Å². The first kappa shape index (κ1) is 26.2. The highest BCUT2D eigenvalue weighted by molar-refractivity contribution is 7.99. The Morgan fingerprint density at radius 3 is 2.59 bits per heavy atom. The van der Waals surface area contributed by atoms with Gasteiger partial charge in [0.15, 0.2) is 5.16 Å². The normalized spacial score (nSPS) is 15.2. The van der Waals surface area contributed by atoms with Crippen molar-refractivity contribution in [3.05, 3.63) is 72.1 Å². The third kappa shape index (κ3) is 6.17. The number of nitrogens with zero attached hydrogens (tertiary/aromatic N) is 5. The van der Waals surface area contributed by atoms with Crippen LogP contribution in [0.2, 0.25) is 0 Å². The molecule has 1 saturated heterocycles. The van der Waals surface area contributed by atoms with E-state index in [2.05, 4.69) is 25.8 Å². The predicted octanol–water partition coefficient (Wildman–Crippen LogP) is 2.98. The quantitative estimate of drug-likeness (QED) is 0.323. The van der Waals surface area contributed by atoms with Gasteiger partial charge in [-0.2, -0.15) is 0 Å². The molecule has 2 aromatic carbocycles. The zero-order valence-corrected chi connectivity index (χ0v) is 22.3. The van der Waals surface area contributed by atoms with Crippen molar-refractivity contribution in [1.29, 1.82) is 0 Å². The summed E-state index contributed by atoms with van der Waals surface area (Å²) < 4.78 is 7.56. The van der Waals surface area contributed by atoms with E-state index in [-0.39, 0.29) is 29.9 Å². The Morgan fingerprint density at radius 2 is 1.82 bits per heavy atom. The number of nitrogens with one attached hydrogen (secondary N) is 2. The van der Waals surface area contributed by atoms with Crippen LogP contribution in [-0.2, 0) is 14.4 Å². The molecule has 12 heteroatoms. The number of benzene rings is 2. The van der Waals surface area contributed by atoms with Crippen molar-refractivity contribution in [1.82, 2.24) is 29.8 Å². The van der Waals surface area contributed by atoms with Crippen molar-refractivity contribution in [2.24, 2.45) is 0 Å². The van der Waals surface area contributed by atoms with E-state index >= 15 is 0 Å². The van der Waals surface area contributed by atoms with E-state index in [9.17, 15) is 14.4 Å². The summed E-state index contributed by atoms with van der Waals surface area (Å²) in [6, 6.07) is 17.3. The SMILES string of the molecule is Cc1cc(C)n2c(SCC(=O)N3CCNC(=O)[C@@H]3CC(=O)Nc3ccc(Oc4ccccc4)cc3)nnc2n1. The van der Waals surface area contributed by atoms with Crippen LogP contribution in [0.1, 0.15) is 17.8 Å². The fraction of sp³-hybridized carbons (Fsp3) is 0.259. The van der Waals surface area contributed by atoms with E-state index in [1.54, 1.807) is 28.7 Å². The van der Waals surface area contributed by atoms with Crippen LogP contribution in [0, 0.1) is 13.8 Å². The van der Waals surface area contributed by atoms with Crippen molar-refractivity contribution in [3.8, 4) is 11.5 Å². The van der Waals surface area contributed by atoms with Gasteiger partial charge in [0.25, 0.3) is 5.78 Å². The molecular formula is C27H27N7O4S. The number of aromatic nitrogens is 4. The molecule has 0 bridgehead atoms. The van der Waals surface area contributed by atoms with Gasteiger partial charge in [0.2, 0.25) is 17.7 Å². The fourth-order valence-corrected chi connectivity index (χ4v) is 5.21. The maximum absolute atomic E-state index is 13.2. The minimum atomic E-state index is -0.909. The van der Waals surface area contributed by atoms with Crippen LogP contribution >= 0.6 is 11.8 Å². The zero-order valence-electron chi connectivity index (χ0n) is 21.5. The molecule has 1 aliphatic rings. The lowest BCUT2D eigenvalue weighted by molar-refractivity contribution is -0.142. The third-order valence-electron chi connectivity index (χ3n) is 6.13. The smallest absolute Gasteiger partial charge is 0.256 e. The molecule has 200 valence electrons. The molecule has 0 spiro atoms. The molecule has 3 amide bonds. The van der Waals surface area contributed by atoms with Gasteiger partial charge in [0, 0.05) is 30.2 Å². The van der Waals surface area contributed by atoms with Gasteiger partial charge in [0.1, 0.15) is 17.5 Å². The predicted molar refractivity (Wildman–Crippen MR) is 146 cm³/mol. The summed E-state index contributed by atoms with van der Waals surface area (Å²) in [5, 5.41) is 14.4. The second kappa shape index (κ2) is 11.5. The Hall–Kier alpha value is -4.45. The maximum Gasteiger partial charge on any atom is 0.256 e. The highest BCUT2D eigenvalue weighted by Crippen LogP contribution is 2.24. The Bertz CT molecular complexity index is 1510. The van der Waals surface area contributed by atoms with Gasteiger partial charge in [-0.1, -0.05) is 30.0 Å². The standard InChI is InChI=1S/C27H27N7O4S/c1-17-14-18(2)34-26(29-17)31-32-27(34)39-16-24(36)33-13-12-28-25(37)22(33)15-23(35)30-19-8-10-21(11-9-19)38-20-6-4-3-5-7-20/h3-11,14,22H,12-13,15-16H2,1-2H3,(H,28,37)(H,30,35)/t22-/m0/s1. The lowest BCUT2D eigenvalue weighted by atomic mass is 10.1. The summed E-state index contributed by atoms with van der Waals surface area (Å²) in [4.78, 5) is 44.5. The summed E-state index contributed by atoms with van der Waals surface area (Å²) in [7, 11) is 0. The molecule has 4 aromatic rings. The van der Waals surface area contributed by atoms with Crippen LogP contribution in [0.5, 0.6) is 11.5 Å². The molecular weight excluding hydrogens is 518 g/mol. The minimum absolute atomic E-state index is 0.0440. The number of carbonyl (C=O) groups excluding carboxylic acids is 3. The minimum Gasteiger partial charge on any atom is -0.457 e. The zero-order chi connectivity index (χ0) is 27.4. The van der Waals surface area contributed by atoms with Crippen molar-refractivity contribution in [2.75, 3.05) is 24.2 Å².